The molecule has 0 bridgehead atoms. The number of sulfonamides is 1. The maximum atomic E-state index is 13.4. The number of primary amides is 1. The van der Waals surface area contributed by atoms with Gasteiger partial charge in [-0.3, -0.25) is 9.52 Å². The van der Waals surface area contributed by atoms with Gasteiger partial charge in [0, 0.05) is 23.9 Å². The minimum absolute atomic E-state index is 0.0138. The van der Waals surface area contributed by atoms with Gasteiger partial charge in [0.2, 0.25) is 5.91 Å². The number of carbonyl (C=O) groups is 1. The average Bonchev–Trinajstić information content (AvgIpc) is 2.88. The zero-order valence-electron chi connectivity index (χ0n) is 20.8. The number of rotatable bonds is 9. The number of nitrogens with zero attached hydrogens (tertiary/aromatic N) is 2. The second kappa shape index (κ2) is 9.94. The Morgan fingerprint density at radius 1 is 0.865 bits per heavy atom. The van der Waals surface area contributed by atoms with Crippen molar-refractivity contribution in [2.24, 2.45) is 5.73 Å². The molecule has 0 spiro atoms. The summed E-state index contributed by atoms with van der Waals surface area (Å²) in [7, 11) is -1.07. The molecule has 0 saturated carbocycles. The smallest absolute Gasteiger partial charge is 0.263 e. The van der Waals surface area contributed by atoms with Crippen LogP contribution in [0.25, 0.3) is 11.0 Å². The molecular weight excluding hydrogens is 494 g/mol. The van der Waals surface area contributed by atoms with Crippen LogP contribution in [-0.2, 0) is 20.2 Å². The van der Waals surface area contributed by atoms with Crippen molar-refractivity contribution in [2.75, 3.05) is 24.3 Å². The van der Waals surface area contributed by atoms with E-state index >= 15 is 0 Å². The maximum absolute atomic E-state index is 13.4. The Kier molecular flexibility index (Phi) is 6.90. The minimum atomic E-state index is -4.12. The number of benzene rings is 3. The van der Waals surface area contributed by atoms with Crippen molar-refractivity contribution in [3.05, 3.63) is 72.3 Å². The number of fused-ring (bicyclic) bond motifs is 1. The summed E-state index contributed by atoms with van der Waals surface area (Å²) in [5.41, 5.74) is 6.54. The summed E-state index contributed by atoms with van der Waals surface area (Å²) in [6.07, 6.45) is 0. The standard InChI is InChI=1S/C26H27N5O5S/c1-26(2,25(27)32)16-8-7-9-20(12-16)37(33,34)31-24-23(29-21-10-5-6-11-22(21)30-24)28-17-13-18(35-3)15-19(14-17)36-4/h5-15H,1-4H3,(H2,27,32)(H,28,29)(H,30,31). The third-order valence-corrected chi connectivity index (χ3v) is 7.23. The van der Waals surface area contributed by atoms with Gasteiger partial charge in [-0.2, -0.15) is 0 Å². The fraction of sp³-hybridized carbons (Fsp3) is 0.192. The highest BCUT2D eigenvalue weighted by Gasteiger charge is 2.29. The summed E-state index contributed by atoms with van der Waals surface area (Å²) in [5, 5.41) is 3.12. The second-order valence-electron chi connectivity index (χ2n) is 8.76. The number of ether oxygens (including phenoxy) is 2. The van der Waals surface area contributed by atoms with Crippen molar-refractivity contribution in [1.82, 2.24) is 9.97 Å². The number of hydrogen-bond donors (Lipinski definition) is 3. The van der Waals surface area contributed by atoms with Gasteiger partial charge in [-0.05, 0) is 43.7 Å². The molecule has 0 fully saturated rings. The Balaban J connectivity index is 1.78. The summed E-state index contributed by atoms with van der Waals surface area (Å²) in [6, 6.07) is 18.3. The molecule has 0 radical (unpaired) electrons. The Morgan fingerprint density at radius 3 is 2.03 bits per heavy atom. The zero-order chi connectivity index (χ0) is 26.8. The van der Waals surface area contributed by atoms with Gasteiger partial charge in [0.15, 0.2) is 11.6 Å². The predicted octanol–water partition coefficient (Wildman–Crippen LogP) is 3.95. The van der Waals surface area contributed by atoms with Crippen molar-refractivity contribution in [2.45, 2.75) is 24.2 Å². The second-order valence-corrected chi connectivity index (χ2v) is 10.4. The molecule has 192 valence electrons. The van der Waals surface area contributed by atoms with Crippen LogP contribution in [0.4, 0.5) is 17.3 Å². The minimum Gasteiger partial charge on any atom is -0.497 e. The van der Waals surface area contributed by atoms with E-state index in [1.54, 1.807) is 62.4 Å². The van der Waals surface area contributed by atoms with Gasteiger partial charge < -0.3 is 20.5 Å². The van der Waals surface area contributed by atoms with Crippen LogP contribution in [0, 0.1) is 0 Å². The molecule has 1 amide bonds. The van der Waals surface area contributed by atoms with E-state index in [-0.39, 0.29) is 16.5 Å². The number of anilines is 3. The van der Waals surface area contributed by atoms with E-state index in [0.29, 0.717) is 33.8 Å². The van der Waals surface area contributed by atoms with Gasteiger partial charge >= 0.3 is 0 Å². The molecule has 10 nitrogen and oxygen atoms in total. The van der Waals surface area contributed by atoms with E-state index in [1.807, 2.05) is 6.07 Å². The summed E-state index contributed by atoms with van der Waals surface area (Å²) < 4.78 is 40.1. The SMILES string of the molecule is COc1cc(Nc2nc3ccccc3nc2NS(=O)(=O)c2cccc(C(C)(C)C(N)=O)c2)cc(OC)c1. The van der Waals surface area contributed by atoms with Crippen LogP contribution >= 0.6 is 0 Å². The van der Waals surface area contributed by atoms with Crippen molar-refractivity contribution in [3.8, 4) is 11.5 Å². The van der Waals surface area contributed by atoms with Crippen LogP contribution in [0.2, 0.25) is 0 Å². The van der Waals surface area contributed by atoms with Crippen molar-refractivity contribution in [3.63, 3.8) is 0 Å². The van der Waals surface area contributed by atoms with E-state index in [0.717, 1.165) is 0 Å². The average molecular weight is 522 g/mol. The molecule has 4 rings (SSSR count). The molecule has 37 heavy (non-hydrogen) atoms. The number of carbonyl (C=O) groups excluding carboxylic acids is 1. The third-order valence-electron chi connectivity index (χ3n) is 5.90. The third kappa shape index (κ3) is 5.41. The lowest BCUT2D eigenvalue weighted by atomic mass is 9.84. The molecule has 4 N–H and O–H groups in total. The Bertz CT molecular complexity index is 1570. The number of nitrogens with one attached hydrogen (secondary N) is 2. The van der Waals surface area contributed by atoms with Gasteiger partial charge in [0.05, 0.1) is 35.6 Å². The van der Waals surface area contributed by atoms with Crippen molar-refractivity contribution >= 4 is 44.3 Å². The molecule has 0 saturated heterocycles. The maximum Gasteiger partial charge on any atom is 0.263 e. The quantitative estimate of drug-likeness (QED) is 0.300. The molecule has 0 aliphatic carbocycles. The van der Waals surface area contributed by atoms with E-state index in [9.17, 15) is 13.2 Å². The number of methoxy groups -OCH3 is 2. The topological polar surface area (TPSA) is 146 Å². The summed E-state index contributed by atoms with van der Waals surface area (Å²) in [4.78, 5) is 21.0. The van der Waals surface area contributed by atoms with Crippen LogP contribution in [0.15, 0.2) is 71.6 Å². The molecule has 1 aromatic heterocycles. The molecule has 4 aromatic rings. The summed E-state index contributed by atoms with van der Waals surface area (Å²) in [5.74, 6) is 0.653. The number of aromatic nitrogens is 2. The zero-order valence-corrected chi connectivity index (χ0v) is 21.6. The van der Waals surface area contributed by atoms with E-state index in [2.05, 4.69) is 20.0 Å². The van der Waals surface area contributed by atoms with E-state index < -0.39 is 21.3 Å². The van der Waals surface area contributed by atoms with E-state index in [4.69, 9.17) is 15.2 Å². The molecule has 1 heterocycles. The van der Waals surface area contributed by atoms with Crippen LogP contribution < -0.4 is 25.2 Å². The first kappa shape index (κ1) is 25.7. The Morgan fingerprint density at radius 2 is 1.46 bits per heavy atom. The lowest BCUT2D eigenvalue weighted by molar-refractivity contribution is -0.122. The first-order valence-electron chi connectivity index (χ1n) is 11.2. The fourth-order valence-electron chi connectivity index (χ4n) is 3.56. The number of hydrogen-bond acceptors (Lipinski definition) is 8. The Hall–Kier alpha value is -4.38. The number of nitrogens with two attached hydrogens (primary N) is 1. The number of amides is 1. The monoisotopic (exact) mass is 521 g/mol. The molecule has 0 unspecified atom stereocenters. The van der Waals surface area contributed by atoms with Crippen LogP contribution in [0.1, 0.15) is 19.4 Å². The highest BCUT2D eigenvalue weighted by molar-refractivity contribution is 7.92. The van der Waals surface area contributed by atoms with Crippen LogP contribution in [0.5, 0.6) is 11.5 Å². The summed E-state index contributed by atoms with van der Waals surface area (Å²) >= 11 is 0. The van der Waals surface area contributed by atoms with Gasteiger partial charge in [-0.1, -0.05) is 24.3 Å². The highest BCUT2D eigenvalue weighted by Crippen LogP contribution is 2.32. The molecule has 3 aromatic carbocycles. The first-order valence-corrected chi connectivity index (χ1v) is 12.7. The van der Waals surface area contributed by atoms with Crippen LogP contribution in [0.3, 0.4) is 0 Å². The molecule has 11 heteroatoms. The molecule has 0 aliphatic heterocycles. The Labute approximate surface area is 214 Å². The van der Waals surface area contributed by atoms with Gasteiger partial charge in [-0.25, -0.2) is 18.4 Å². The van der Waals surface area contributed by atoms with Crippen LogP contribution in [-0.4, -0.2) is 38.5 Å². The summed E-state index contributed by atoms with van der Waals surface area (Å²) in [6.45, 7) is 3.27. The fourth-order valence-corrected chi connectivity index (χ4v) is 4.61. The molecular formula is C26H27N5O5S. The lowest BCUT2D eigenvalue weighted by Gasteiger charge is -2.21. The normalized spacial score (nSPS) is 11.7. The molecule has 0 atom stereocenters. The highest BCUT2D eigenvalue weighted by atomic mass is 32.2. The largest absolute Gasteiger partial charge is 0.497 e. The first-order chi connectivity index (χ1) is 17.5. The van der Waals surface area contributed by atoms with Crippen molar-refractivity contribution in [1.29, 1.82) is 0 Å². The van der Waals surface area contributed by atoms with E-state index in [1.165, 1.54) is 26.4 Å². The van der Waals surface area contributed by atoms with Crippen molar-refractivity contribution < 1.29 is 22.7 Å². The van der Waals surface area contributed by atoms with Gasteiger partial charge in [-0.15, -0.1) is 0 Å². The van der Waals surface area contributed by atoms with Gasteiger partial charge in [0.25, 0.3) is 10.0 Å². The number of para-hydroxylation sites is 2. The molecule has 0 aliphatic rings. The van der Waals surface area contributed by atoms with Gasteiger partial charge in [0.1, 0.15) is 11.5 Å². The predicted molar refractivity (Wildman–Crippen MR) is 142 cm³/mol. The lowest BCUT2D eigenvalue weighted by Crippen LogP contribution is -2.35.